The third kappa shape index (κ3) is 10.2. The Labute approximate surface area is 95.6 Å². The first-order valence-corrected chi connectivity index (χ1v) is 6.63. The molecule has 84 valence electrons. The molecular weight excluding hydrogens is 188 g/mol. The summed E-state index contributed by atoms with van der Waals surface area (Å²) < 4.78 is 0. The highest BCUT2D eigenvalue weighted by Crippen LogP contribution is 2.12. The third-order valence-electron chi connectivity index (χ3n) is 2.63. The zero-order valence-electron chi connectivity index (χ0n) is 9.67. The first-order valence-electron chi connectivity index (χ1n) is 6.12. The van der Waals surface area contributed by atoms with Crippen LogP contribution in [0.4, 0.5) is 0 Å². The molecule has 1 atom stereocenters. The van der Waals surface area contributed by atoms with Gasteiger partial charge in [0.25, 0.3) is 0 Å². The van der Waals surface area contributed by atoms with Crippen LogP contribution in [0.15, 0.2) is 12.7 Å². The molecule has 0 rings (SSSR count). The molecule has 0 radical (unpaired) electrons. The SMILES string of the molecule is C=CC(S)CCCCCCCCCC. The molecular formula is C13H26S. The summed E-state index contributed by atoms with van der Waals surface area (Å²) in [6, 6.07) is 0. The number of rotatable bonds is 10. The van der Waals surface area contributed by atoms with Gasteiger partial charge < -0.3 is 0 Å². The van der Waals surface area contributed by atoms with Crippen molar-refractivity contribution in [3.63, 3.8) is 0 Å². The van der Waals surface area contributed by atoms with Crippen molar-refractivity contribution in [2.24, 2.45) is 0 Å². The van der Waals surface area contributed by atoms with Gasteiger partial charge in [-0.25, -0.2) is 0 Å². The molecule has 0 aliphatic heterocycles. The first-order chi connectivity index (χ1) is 6.81. The maximum absolute atomic E-state index is 4.38. The highest BCUT2D eigenvalue weighted by molar-refractivity contribution is 7.81. The summed E-state index contributed by atoms with van der Waals surface area (Å²) in [5.41, 5.74) is 0. The second kappa shape index (κ2) is 11.2. The molecule has 0 heterocycles. The Kier molecular flexibility index (Phi) is 11.2. The van der Waals surface area contributed by atoms with Crippen molar-refractivity contribution in [2.75, 3.05) is 0 Å². The van der Waals surface area contributed by atoms with E-state index in [1.807, 2.05) is 6.08 Å². The van der Waals surface area contributed by atoms with Gasteiger partial charge in [0.2, 0.25) is 0 Å². The first kappa shape index (κ1) is 14.1. The minimum Gasteiger partial charge on any atom is -0.172 e. The van der Waals surface area contributed by atoms with Crippen molar-refractivity contribution >= 4 is 12.6 Å². The average Bonchev–Trinajstić information content (AvgIpc) is 2.21. The Hall–Kier alpha value is 0.0900. The average molecular weight is 214 g/mol. The fraction of sp³-hybridized carbons (Fsp3) is 0.846. The summed E-state index contributed by atoms with van der Waals surface area (Å²) in [6.45, 7) is 6.00. The smallest absolute Gasteiger partial charge is 0.0194 e. The molecule has 0 fully saturated rings. The van der Waals surface area contributed by atoms with Crippen LogP contribution < -0.4 is 0 Å². The van der Waals surface area contributed by atoms with E-state index < -0.39 is 0 Å². The molecule has 0 N–H and O–H groups in total. The molecule has 0 aliphatic rings. The lowest BCUT2D eigenvalue weighted by atomic mass is 10.1. The molecule has 0 nitrogen and oxygen atoms in total. The Morgan fingerprint density at radius 1 is 1.00 bits per heavy atom. The molecule has 1 unspecified atom stereocenters. The molecule has 0 saturated carbocycles. The Bertz CT molecular complexity index is 120. The zero-order chi connectivity index (χ0) is 10.6. The van der Waals surface area contributed by atoms with Crippen molar-refractivity contribution in [1.82, 2.24) is 0 Å². The highest BCUT2D eigenvalue weighted by Gasteiger charge is 1.96. The van der Waals surface area contributed by atoms with E-state index in [0.717, 1.165) is 0 Å². The van der Waals surface area contributed by atoms with Gasteiger partial charge >= 0.3 is 0 Å². The molecule has 1 heteroatoms. The minimum absolute atomic E-state index is 0.412. The van der Waals surface area contributed by atoms with E-state index in [4.69, 9.17) is 0 Å². The Balaban J connectivity index is 2.95. The lowest BCUT2D eigenvalue weighted by Crippen LogP contribution is -1.92. The van der Waals surface area contributed by atoms with Gasteiger partial charge in [0.05, 0.1) is 0 Å². The van der Waals surface area contributed by atoms with Crippen molar-refractivity contribution in [1.29, 1.82) is 0 Å². The molecule has 0 amide bonds. The maximum atomic E-state index is 4.38. The van der Waals surface area contributed by atoms with Crippen LogP contribution in [0, 0.1) is 0 Å². The second-order valence-electron chi connectivity index (χ2n) is 4.07. The quantitative estimate of drug-likeness (QED) is 0.295. The summed E-state index contributed by atoms with van der Waals surface area (Å²) in [5, 5.41) is 0.412. The molecule has 0 aliphatic carbocycles. The summed E-state index contributed by atoms with van der Waals surface area (Å²) in [5.74, 6) is 0. The van der Waals surface area contributed by atoms with Crippen LogP contribution in [0.3, 0.4) is 0 Å². The van der Waals surface area contributed by atoms with E-state index in [0.29, 0.717) is 5.25 Å². The van der Waals surface area contributed by atoms with Gasteiger partial charge in [-0.05, 0) is 6.42 Å². The van der Waals surface area contributed by atoms with Crippen LogP contribution in [0.25, 0.3) is 0 Å². The van der Waals surface area contributed by atoms with E-state index in [2.05, 4.69) is 26.1 Å². The predicted octanol–water partition coefficient (Wildman–Crippen LogP) is 5.00. The van der Waals surface area contributed by atoms with E-state index in [1.165, 1.54) is 57.8 Å². The number of hydrogen-bond donors (Lipinski definition) is 1. The van der Waals surface area contributed by atoms with Crippen molar-refractivity contribution < 1.29 is 0 Å². The molecule has 0 aromatic rings. The molecule has 0 aromatic carbocycles. The summed E-state index contributed by atoms with van der Waals surface area (Å²) in [4.78, 5) is 0. The fourth-order valence-corrected chi connectivity index (χ4v) is 1.79. The van der Waals surface area contributed by atoms with Crippen LogP contribution in [-0.2, 0) is 0 Å². The van der Waals surface area contributed by atoms with Crippen LogP contribution in [0.5, 0.6) is 0 Å². The minimum atomic E-state index is 0.412. The van der Waals surface area contributed by atoms with Crippen molar-refractivity contribution in [2.45, 2.75) is 70.0 Å². The zero-order valence-corrected chi connectivity index (χ0v) is 10.6. The summed E-state index contributed by atoms with van der Waals surface area (Å²) in [6.07, 6.45) is 14.3. The summed E-state index contributed by atoms with van der Waals surface area (Å²) >= 11 is 4.38. The number of thiol groups is 1. The van der Waals surface area contributed by atoms with Crippen molar-refractivity contribution in [3.05, 3.63) is 12.7 Å². The van der Waals surface area contributed by atoms with Crippen LogP contribution in [0.2, 0.25) is 0 Å². The maximum Gasteiger partial charge on any atom is 0.0194 e. The van der Waals surface area contributed by atoms with Crippen LogP contribution in [0.1, 0.15) is 64.7 Å². The van der Waals surface area contributed by atoms with E-state index in [9.17, 15) is 0 Å². The van der Waals surface area contributed by atoms with Gasteiger partial charge in [0.15, 0.2) is 0 Å². The Morgan fingerprint density at radius 3 is 2.00 bits per heavy atom. The topological polar surface area (TPSA) is 0 Å². The molecule has 14 heavy (non-hydrogen) atoms. The standard InChI is InChI=1S/C13H26S/c1-3-5-6-7-8-9-10-11-12-13(14)4-2/h4,13-14H,2-3,5-12H2,1H3. The second-order valence-corrected chi connectivity index (χ2v) is 4.73. The summed E-state index contributed by atoms with van der Waals surface area (Å²) in [7, 11) is 0. The fourth-order valence-electron chi connectivity index (χ4n) is 1.61. The Morgan fingerprint density at radius 2 is 1.50 bits per heavy atom. The van der Waals surface area contributed by atoms with Gasteiger partial charge in [0, 0.05) is 5.25 Å². The van der Waals surface area contributed by atoms with E-state index in [1.54, 1.807) is 0 Å². The van der Waals surface area contributed by atoms with E-state index >= 15 is 0 Å². The molecule has 0 aromatic heterocycles. The molecule has 0 spiro atoms. The third-order valence-corrected chi connectivity index (χ3v) is 3.09. The predicted molar refractivity (Wildman–Crippen MR) is 70.2 cm³/mol. The van der Waals surface area contributed by atoms with Gasteiger partial charge in [-0.1, -0.05) is 64.4 Å². The number of unbranched alkanes of at least 4 members (excludes halogenated alkanes) is 7. The van der Waals surface area contributed by atoms with Crippen LogP contribution in [-0.4, -0.2) is 5.25 Å². The van der Waals surface area contributed by atoms with Crippen molar-refractivity contribution in [3.8, 4) is 0 Å². The number of hydrogen-bond acceptors (Lipinski definition) is 1. The largest absolute Gasteiger partial charge is 0.172 e. The molecule has 0 saturated heterocycles. The highest BCUT2D eigenvalue weighted by atomic mass is 32.1. The monoisotopic (exact) mass is 214 g/mol. The van der Waals surface area contributed by atoms with Gasteiger partial charge in [0.1, 0.15) is 0 Å². The van der Waals surface area contributed by atoms with Gasteiger partial charge in [-0.3, -0.25) is 0 Å². The lowest BCUT2D eigenvalue weighted by molar-refractivity contribution is 0.568. The van der Waals surface area contributed by atoms with Gasteiger partial charge in [-0.2, -0.15) is 12.6 Å². The van der Waals surface area contributed by atoms with Crippen LogP contribution >= 0.6 is 12.6 Å². The normalized spacial score (nSPS) is 12.7. The van der Waals surface area contributed by atoms with Gasteiger partial charge in [-0.15, -0.1) is 6.58 Å². The van der Waals surface area contributed by atoms with E-state index in [-0.39, 0.29) is 0 Å². The lowest BCUT2D eigenvalue weighted by Gasteiger charge is -2.04. The molecule has 0 bridgehead atoms.